The van der Waals surface area contributed by atoms with Crippen LogP contribution in [0.1, 0.15) is 37.2 Å². The molecule has 1 unspecified atom stereocenters. The molecule has 0 aromatic heterocycles. The summed E-state index contributed by atoms with van der Waals surface area (Å²) in [4.78, 5) is 0. The van der Waals surface area contributed by atoms with Crippen LogP contribution >= 0.6 is 0 Å². The molecule has 0 bridgehead atoms. The third-order valence-corrected chi connectivity index (χ3v) is 4.82. The van der Waals surface area contributed by atoms with E-state index in [-0.39, 0.29) is 18.4 Å². The maximum atomic E-state index is 10.3. The van der Waals surface area contributed by atoms with Gasteiger partial charge in [0.25, 0.3) is 0 Å². The Balaban J connectivity index is 2.00. The zero-order valence-corrected chi connectivity index (χ0v) is 11.2. The van der Waals surface area contributed by atoms with Gasteiger partial charge in [0, 0.05) is 12.5 Å². The summed E-state index contributed by atoms with van der Waals surface area (Å²) in [5.41, 5.74) is 2.68. The molecular weight excluding hydrogens is 236 g/mol. The first kappa shape index (κ1) is 12.9. The van der Waals surface area contributed by atoms with Gasteiger partial charge >= 0.3 is 0 Å². The highest BCUT2D eigenvalue weighted by molar-refractivity contribution is 5.30. The molecule has 0 heterocycles. The highest BCUT2D eigenvalue weighted by atomic mass is 16.3. The predicted octanol–water partition coefficient (Wildman–Crippen LogP) is 2.87. The van der Waals surface area contributed by atoms with Crippen molar-refractivity contribution in [3.8, 4) is 0 Å². The fourth-order valence-corrected chi connectivity index (χ4v) is 3.91. The van der Waals surface area contributed by atoms with Crippen molar-refractivity contribution >= 4 is 0 Å². The Kier molecular flexibility index (Phi) is 3.72. The lowest BCUT2D eigenvalue weighted by Crippen LogP contribution is -2.38. The molecular formula is C17H22O2. The van der Waals surface area contributed by atoms with Crippen LogP contribution in [0.15, 0.2) is 42.0 Å². The third-order valence-electron chi connectivity index (χ3n) is 4.82. The summed E-state index contributed by atoms with van der Waals surface area (Å²) in [6.45, 7) is 0.0566. The van der Waals surface area contributed by atoms with Crippen LogP contribution in [0.4, 0.5) is 0 Å². The van der Waals surface area contributed by atoms with Crippen molar-refractivity contribution in [1.82, 2.24) is 0 Å². The summed E-state index contributed by atoms with van der Waals surface area (Å²) in [6.07, 6.45) is 6.32. The number of hydrogen-bond donors (Lipinski definition) is 2. The second kappa shape index (κ2) is 5.48. The number of allylic oxidation sites excluding steroid dienone is 1. The highest BCUT2D eigenvalue weighted by Gasteiger charge is 2.40. The number of fused-ring (bicyclic) bond motifs is 1. The molecule has 4 atom stereocenters. The second-order valence-corrected chi connectivity index (χ2v) is 5.87. The van der Waals surface area contributed by atoms with Crippen LogP contribution in [0.25, 0.3) is 0 Å². The van der Waals surface area contributed by atoms with Gasteiger partial charge in [-0.3, -0.25) is 0 Å². The maximum absolute atomic E-state index is 10.3. The van der Waals surface area contributed by atoms with E-state index in [9.17, 15) is 10.2 Å². The summed E-state index contributed by atoms with van der Waals surface area (Å²) in [5, 5.41) is 20.0. The van der Waals surface area contributed by atoms with Gasteiger partial charge in [-0.2, -0.15) is 0 Å². The first-order valence-corrected chi connectivity index (χ1v) is 7.35. The number of hydrogen-bond acceptors (Lipinski definition) is 2. The van der Waals surface area contributed by atoms with Gasteiger partial charge in [-0.25, -0.2) is 0 Å². The first-order valence-electron chi connectivity index (χ1n) is 7.35. The summed E-state index contributed by atoms with van der Waals surface area (Å²) in [5.74, 6) is 0.715. The molecule has 2 heteroatoms. The average Bonchev–Trinajstić information content (AvgIpc) is 2.46. The standard InChI is InChI=1S/C17H22O2/c18-11-15-16(19)10-13-8-4-5-9-14(13)17(15)12-6-2-1-3-7-12/h1-3,6-7,10,14-19H,4-5,8-9,11H2/t14-,15+,16+,17?/m0/s1. The minimum absolute atomic E-state index is 0.0566. The number of rotatable bonds is 2. The van der Waals surface area contributed by atoms with Crippen LogP contribution in [-0.4, -0.2) is 22.9 Å². The van der Waals surface area contributed by atoms with Gasteiger partial charge in [-0.05, 0) is 36.7 Å². The summed E-state index contributed by atoms with van der Waals surface area (Å²) < 4.78 is 0. The molecule has 1 saturated carbocycles. The van der Waals surface area contributed by atoms with E-state index >= 15 is 0 Å². The van der Waals surface area contributed by atoms with E-state index in [0.29, 0.717) is 5.92 Å². The van der Waals surface area contributed by atoms with Crippen molar-refractivity contribution in [1.29, 1.82) is 0 Å². The Morgan fingerprint density at radius 1 is 1.11 bits per heavy atom. The molecule has 0 spiro atoms. The summed E-state index contributed by atoms with van der Waals surface area (Å²) >= 11 is 0. The van der Waals surface area contributed by atoms with Gasteiger partial charge < -0.3 is 10.2 Å². The van der Waals surface area contributed by atoms with Gasteiger partial charge in [-0.15, -0.1) is 0 Å². The molecule has 0 radical (unpaired) electrons. The van der Waals surface area contributed by atoms with E-state index in [1.54, 1.807) is 0 Å². The molecule has 1 fully saturated rings. The van der Waals surface area contributed by atoms with Crippen molar-refractivity contribution in [2.75, 3.05) is 6.61 Å². The van der Waals surface area contributed by atoms with Gasteiger partial charge in [0.15, 0.2) is 0 Å². The van der Waals surface area contributed by atoms with Crippen LogP contribution in [-0.2, 0) is 0 Å². The topological polar surface area (TPSA) is 40.5 Å². The third kappa shape index (κ3) is 2.35. The van der Waals surface area contributed by atoms with Gasteiger partial charge in [0.1, 0.15) is 0 Å². The molecule has 3 rings (SSSR count). The average molecular weight is 258 g/mol. The van der Waals surface area contributed by atoms with E-state index in [0.717, 1.165) is 6.42 Å². The van der Waals surface area contributed by atoms with Crippen LogP contribution in [0.5, 0.6) is 0 Å². The fraction of sp³-hybridized carbons (Fsp3) is 0.529. The van der Waals surface area contributed by atoms with Gasteiger partial charge in [0.2, 0.25) is 0 Å². The highest BCUT2D eigenvalue weighted by Crippen LogP contribution is 2.47. The van der Waals surface area contributed by atoms with E-state index in [1.807, 2.05) is 12.1 Å². The quantitative estimate of drug-likeness (QED) is 0.801. The molecule has 1 aromatic carbocycles. The summed E-state index contributed by atoms with van der Waals surface area (Å²) in [7, 11) is 0. The van der Waals surface area contributed by atoms with Crippen molar-refractivity contribution in [2.24, 2.45) is 11.8 Å². The van der Waals surface area contributed by atoms with E-state index < -0.39 is 6.10 Å². The number of benzene rings is 1. The van der Waals surface area contributed by atoms with E-state index in [1.165, 1.54) is 30.4 Å². The number of aliphatic hydroxyl groups excluding tert-OH is 2. The molecule has 102 valence electrons. The molecule has 19 heavy (non-hydrogen) atoms. The minimum atomic E-state index is -0.500. The van der Waals surface area contributed by atoms with Crippen molar-refractivity contribution in [3.05, 3.63) is 47.5 Å². The monoisotopic (exact) mass is 258 g/mol. The lowest BCUT2D eigenvalue weighted by molar-refractivity contribution is 0.0556. The van der Waals surface area contributed by atoms with Crippen LogP contribution in [0.2, 0.25) is 0 Å². The van der Waals surface area contributed by atoms with Crippen LogP contribution < -0.4 is 0 Å². The molecule has 0 aliphatic heterocycles. The first-order chi connectivity index (χ1) is 9.31. The van der Waals surface area contributed by atoms with Crippen molar-refractivity contribution in [2.45, 2.75) is 37.7 Å². The molecule has 0 amide bonds. The normalized spacial score (nSPS) is 34.5. The van der Waals surface area contributed by atoms with Gasteiger partial charge in [-0.1, -0.05) is 48.4 Å². The van der Waals surface area contributed by atoms with Gasteiger partial charge in [0.05, 0.1) is 6.10 Å². The summed E-state index contributed by atoms with van der Waals surface area (Å²) in [6, 6.07) is 10.4. The number of aliphatic hydroxyl groups is 2. The largest absolute Gasteiger partial charge is 0.396 e. The minimum Gasteiger partial charge on any atom is -0.396 e. The maximum Gasteiger partial charge on any atom is 0.0779 e. The molecule has 1 aromatic rings. The van der Waals surface area contributed by atoms with Crippen LogP contribution in [0, 0.1) is 11.8 Å². The van der Waals surface area contributed by atoms with Crippen molar-refractivity contribution in [3.63, 3.8) is 0 Å². The Morgan fingerprint density at radius 3 is 2.63 bits per heavy atom. The second-order valence-electron chi connectivity index (χ2n) is 5.87. The molecule has 2 aliphatic rings. The molecule has 2 nitrogen and oxygen atoms in total. The lowest BCUT2D eigenvalue weighted by Gasteiger charge is -2.43. The fourth-order valence-electron chi connectivity index (χ4n) is 3.91. The van der Waals surface area contributed by atoms with E-state index in [2.05, 4.69) is 24.3 Å². The zero-order chi connectivity index (χ0) is 13.2. The SMILES string of the molecule is OC[C@H]1C(c2ccccc2)[C@H]2CCCCC2=C[C@H]1O. The smallest absolute Gasteiger partial charge is 0.0779 e. The molecule has 2 aliphatic carbocycles. The lowest BCUT2D eigenvalue weighted by atomic mass is 9.63. The molecule has 0 saturated heterocycles. The Hall–Kier alpha value is -1.12. The Bertz CT molecular complexity index is 452. The Labute approximate surface area is 114 Å². The Morgan fingerprint density at radius 2 is 1.89 bits per heavy atom. The van der Waals surface area contributed by atoms with Crippen LogP contribution in [0.3, 0.4) is 0 Å². The zero-order valence-electron chi connectivity index (χ0n) is 11.2. The molecule has 2 N–H and O–H groups in total. The van der Waals surface area contributed by atoms with Crippen molar-refractivity contribution < 1.29 is 10.2 Å². The predicted molar refractivity (Wildman–Crippen MR) is 75.8 cm³/mol. The van der Waals surface area contributed by atoms with E-state index in [4.69, 9.17) is 0 Å².